The van der Waals surface area contributed by atoms with Crippen LogP contribution in [0.4, 0.5) is 17.1 Å². The third-order valence-corrected chi connectivity index (χ3v) is 13.5. The largest absolute Gasteiger partial charge is 0.309 e. The SMILES string of the molecule is N#Cc1ccc2c(c1)C1(c3ccccc3-c3ccc(N(c4ccc(-c5ccccc5)cc4-c4ccccc4)c4ccc(-c5ccccc5)cc4-c4ccccc4)cc31)c1cc(C#N)ccc1-2. The van der Waals surface area contributed by atoms with Gasteiger partial charge in [-0.3, -0.25) is 0 Å². The van der Waals surface area contributed by atoms with Crippen LogP contribution in [0.5, 0.6) is 0 Å². The lowest BCUT2D eigenvalue weighted by molar-refractivity contribution is 0.793. The van der Waals surface area contributed by atoms with E-state index in [0.29, 0.717) is 11.1 Å². The highest BCUT2D eigenvalue weighted by atomic mass is 15.1. The van der Waals surface area contributed by atoms with E-state index in [1.807, 2.05) is 12.1 Å². The van der Waals surface area contributed by atoms with Crippen molar-refractivity contribution in [1.82, 2.24) is 0 Å². The van der Waals surface area contributed by atoms with Gasteiger partial charge in [0.2, 0.25) is 0 Å². The molecule has 0 fully saturated rings. The summed E-state index contributed by atoms with van der Waals surface area (Å²) in [6.07, 6.45) is 0. The van der Waals surface area contributed by atoms with Crippen molar-refractivity contribution in [2.45, 2.75) is 5.41 Å². The van der Waals surface area contributed by atoms with E-state index in [9.17, 15) is 10.5 Å². The summed E-state index contributed by atoms with van der Waals surface area (Å²) in [6, 6.07) is 88.9. The molecular formula is C63H39N3. The molecule has 2 aliphatic rings. The molecule has 0 amide bonds. The molecule has 0 atom stereocenters. The fraction of sp³-hybridized carbons (Fsp3) is 0.0159. The zero-order valence-electron chi connectivity index (χ0n) is 35.9. The van der Waals surface area contributed by atoms with Crippen molar-refractivity contribution < 1.29 is 0 Å². The number of hydrogen-bond donors (Lipinski definition) is 0. The molecule has 0 bridgehead atoms. The van der Waals surface area contributed by atoms with Crippen LogP contribution in [0.3, 0.4) is 0 Å². The maximum absolute atomic E-state index is 10.4. The number of fused-ring (bicyclic) bond motifs is 10. The monoisotopic (exact) mass is 837 g/mol. The molecule has 1 spiro atoms. The molecule has 10 aromatic rings. The lowest BCUT2D eigenvalue weighted by atomic mass is 9.70. The second-order valence-corrected chi connectivity index (χ2v) is 17.0. The second kappa shape index (κ2) is 15.7. The minimum Gasteiger partial charge on any atom is -0.309 e. The summed E-state index contributed by atoms with van der Waals surface area (Å²) < 4.78 is 0. The van der Waals surface area contributed by atoms with E-state index in [-0.39, 0.29) is 0 Å². The summed E-state index contributed by atoms with van der Waals surface area (Å²) in [6.45, 7) is 0. The van der Waals surface area contributed by atoms with Gasteiger partial charge < -0.3 is 4.90 Å². The smallest absolute Gasteiger partial charge is 0.0991 e. The molecular weight excluding hydrogens is 799 g/mol. The van der Waals surface area contributed by atoms with Crippen molar-refractivity contribution >= 4 is 17.1 Å². The van der Waals surface area contributed by atoms with Gasteiger partial charge in [-0.15, -0.1) is 0 Å². The Labute approximate surface area is 385 Å². The van der Waals surface area contributed by atoms with Crippen molar-refractivity contribution in [2.75, 3.05) is 4.90 Å². The zero-order valence-corrected chi connectivity index (χ0v) is 35.9. The molecule has 66 heavy (non-hydrogen) atoms. The maximum atomic E-state index is 10.4. The van der Waals surface area contributed by atoms with E-state index >= 15 is 0 Å². The van der Waals surface area contributed by atoms with Gasteiger partial charge in [0.1, 0.15) is 0 Å². The fourth-order valence-corrected chi connectivity index (χ4v) is 10.6. The van der Waals surface area contributed by atoms with Gasteiger partial charge in [-0.25, -0.2) is 0 Å². The van der Waals surface area contributed by atoms with E-state index in [1.165, 1.54) is 0 Å². The molecule has 0 saturated carbocycles. The van der Waals surface area contributed by atoms with Crippen molar-refractivity contribution in [2.24, 2.45) is 0 Å². The average molecular weight is 838 g/mol. The van der Waals surface area contributed by atoms with Crippen molar-refractivity contribution in [3.63, 3.8) is 0 Å². The molecule has 306 valence electrons. The van der Waals surface area contributed by atoms with E-state index in [2.05, 4.69) is 241 Å². The van der Waals surface area contributed by atoms with Crippen LogP contribution < -0.4 is 4.90 Å². The van der Waals surface area contributed by atoms with Crippen LogP contribution in [0, 0.1) is 22.7 Å². The summed E-state index contributed by atoms with van der Waals surface area (Å²) in [4.78, 5) is 2.44. The van der Waals surface area contributed by atoms with Gasteiger partial charge in [0.25, 0.3) is 0 Å². The van der Waals surface area contributed by atoms with Gasteiger partial charge >= 0.3 is 0 Å². The van der Waals surface area contributed by atoms with Crippen molar-refractivity contribution in [1.29, 1.82) is 10.5 Å². The van der Waals surface area contributed by atoms with Crippen LogP contribution in [0.2, 0.25) is 0 Å². The molecule has 0 aromatic heterocycles. The first-order chi connectivity index (χ1) is 32.6. The number of hydrogen-bond acceptors (Lipinski definition) is 3. The number of benzene rings is 10. The first kappa shape index (κ1) is 38.6. The molecule has 12 rings (SSSR count). The summed E-state index contributed by atoms with van der Waals surface area (Å²) in [5.41, 5.74) is 21.2. The number of nitrogens with zero attached hydrogens (tertiary/aromatic N) is 3. The molecule has 2 aliphatic carbocycles. The van der Waals surface area contributed by atoms with E-state index in [0.717, 1.165) is 106 Å². The summed E-state index contributed by atoms with van der Waals surface area (Å²) in [5.74, 6) is 0. The van der Waals surface area contributed by atoms with Gasteiger partial charge in [-0.1, -0.05) is 176 Å². The summed E-state index contributed by atoms with van der Waals surface area (Å²) >= 11 is 0. The topological polar surface area (TPSA) is 50.8 Å². The van der Waals surface area contributed by atoms with Crippen molar-refractivity contribution in [3.8, 4) is 78.9 Å². The predicted octanol–water partition coefficient (Wildman–Crippen LogP) is 15.9. The summed E-state index contributed by atoms with van der Waals surface area (Å²) in [5, 5.41) is 20.8. The second-order valence-electron chi connectivity index (χ2n) is 17.0. The maximum Gasteiger partial charge on any atom is 0.0991 e. The van der Waals surface area contributed by atoms with Gasteiger partial charge in [-0.05, 0) is 139 Å². The highest BCUT2D eigenvalue weighted by Gasteiger charge is 2.52. The summed E-state index contributed by atoms with van der Waals surface area (Å²) in [7, 11) is 0. The lowest BCUT2D eigenvalue weighted by Gasteiger charge is -2.34. The van der Waals surface area contributed by atoms with Crippen LogP contribution in [0.25, 0.3) is 66.8 Å². The third kappa shape index (κ3) is 6.03. The van der Waals surface area contributed by atoms with E-state index in [4.69, 9.17) is 0 Å². The minimum absolute atomic E-state index is 0.599. The molecule has 0 saturated heterocycles. The lowest BCUT2D eigenvalue weighted by Crippen LogP contribution is -2.26. The van der Waals surface area contributed by atoms with E-state index in [1.54, 1.807) is 0 Å². The fourth-order valence-electron chi connectivity index (χ4n) is 10.6. The average Bonchev–Trinajstić information content (AvgIpc) is 3.86. The number of anilines is 3. The Kier molecular flexibility index (Phi) is 9.16. The molecule has 0 N–H and O–H groups in total. The number of rotatable bonds is 7. The standard InChI is InChI=1S/C63H39N3/c64-40-42-25-30-52-53-31-26-43(41-65)36-59(53)63(58(52)35-42)57-24-14-13-23-51(57)54-32-29-50(39-60(54)63)66(61-33-27-48(44-15-5-1-6-16-44)37-55(61)46-19-9-3-10-20-46)62-34-28-49(45-17-7-2-8-18-45)38-56(62)47-21-11-4-12-22-47/h1-39H. The van der Waals surface area contributed by atoms with Crippen molar-refractivity contribution in [3.05, 3.63) is 270 Å². The molecule has 0 radical (unpaired) electrons. The van der Waals surface area contributed by atoms with Gasteiger partial charge in [0, 0.05) is 16.8 Å². The van der Waals surface area contributed by atoms with Gasteiger partial charge in [0.15, 0.2) is 0 Å². The van der Waals surface area contributed by atoms with Crippen LogP contribution in [0.1, 0.15) is 33.4 Å². The first-order valence-corrected chi connectivity index (χ1v) is 22.3. The Morgan fingerprint density at radius 2 is 0.682 bits per heavy atom. The predicted molar refractivity (Wildman–Crippen MR) is 269 cm³/mol. The van der Waals surface area contributed by atoms with Crippen LogP contribution in [0.15, 0.2) is 237 Å². The zero-order chi connectivity index (χ0) is 44.2. The quantitative estimate of drug-likeness (QED) is 0.161. The Balaban J connectivity index is 1.19. The Morgan fingerprint density at radius 3 is 1.15 bits per heavy atom. The Morgan fingerprint density at radius 1 is 0.288 bits per heavy atom. The third-order valence-electron chi connectivity index (χ3n) is 13.5. The first-order valence-electron chi connectivity index (χ1n) is 22.3. The van der Waals surface area contributed by atoms with Crippen LogP contribution in [-0.4, -0.2) is 0 Å². The molecule has 0 heterocycles. The molecule has 10 aromatic carbocycles. The van der Waals surface area contributed by atoms with Crippen LogP contribution >= 0.6 is 0 Å². The Bertz CT molecular complexity index is 3410. The van der Waals surface area contributed by atoms with Crippen LogP contribution in [-0.2, 0) is 5.41 Å². The Hall–Kier alpha value is -9.02. The molecule has 0 aliphatic heterocycles. The number of nitriles is 2. The molecule has 0 unspecified atom stereocenters. The molecule has 3 heteroatoms. The highest BCUT2D eigenvalue weighted by Crippen LogP contribution is 2.64. The molecule has 3 nitrogen and oxygen atoms in total. The highest BCUT2D eigenvalue weighted by molar-refractivity contribution is 6.00. The normalized spacial score (nSPS) is 12.3. The minimum atomic E-state index is -0.795. The van der Waals surface area contributed by atoms with Gasteiger partial charge in [0.05, 0.1) is 40.1 Å². The van der Waals surface area contributed by atoms with Gasteiger partial charge in [-0.2, -0.15) is 10.5 Å². The van der Waals surface area contributed by atoms with E-state index < -0.39 is 5.41 Å².